The van der Waals surface area contributed by atoms with Gasteiger partial charge in [0.25, 0.3) is 0 Å². The van der Waals surface area contributed by atoms with Crippen LogP contribution in [0.4, 0.5) is 0 Å². The highest BCUT2D eigenvalue weighted by atomic mass is 32.2. The second-order valence-corrected chi connectivity index (χ2v) is 6.98. The third kappa shape index (κ3) is 3.78. The fraction of sp³-hybridized carbons (Fsp3) is 0.571. The van der Waals surface area contributed by atoms with Gasteiger partial charge >= 0.3 is 0 Å². The molecule has 1 aliphatic heterocycles. The van der Waals surface area contributed by atoms with Crippen molar-refractivity contribution < 1.29 is 13.2 Å². The molecule has 1 aromatic carbocycles. The Morgan fingerprint density at radius 2 is 2.00 bits per heavy atom. The Morgan fingerprint density at radius 1 is 1.32 bits per heavy atom. The second kappa shape index (κ2) is 6.03. The van der Waals surface area contributed by atoms with Crippen LogP contribution in [0.1, 0.15) is 38.2 Å². The fourth-order valence-corrected chi connectivity index (χ4v) is 3.19. The Morgan fingerprint density at radius 3 is 2.53 bits per heavy atom. The Bertz CT molecular complexity index is 502. The number of nitrogens with one attached hydrogen (secondary N) is 1. The van der Waals surface area contributed by atoms with E-state index in [9.17, 15) is 8.42 Å². The van der Waals surface area contributed by atoms with Gasteiger partial charge in [0.15, 0.2) is 0 Å². The number of hydrogen-bond donors (Lipinski definition) is 1. The van der Waals surface area contributed by atoms with Crippen LogP contribution in [0, 0.1) is 0 Å². The average Bonchev–Trinajstić information content (AvgIpc) is 2.90. The summed E-state index contributed by atoms with van der Waals surface area (Å²) in [6.07, 6.45) is 1.95. The van der Waals surface area contributed by atoms with Gasteiger partial charge in [0.05, 0.1) is 11.0 Å². The van der Waals surface area contributed by atoms with Gasteiger partial charge in [0.2, 0.25) is 10.0 Å². The number of ether oxygens (including phenoxy) is 1. The standard InChI is InChI=1S/C14H21NO3S/c1-11(2)12-5-7-14(8-6-12)19(16,17)15-10-13-4-3-9-18-13/h5-8,11,13,15H,3-4,9-10H2,1-2H3. The highest BCUT2D eigenvalue weighted by molar-refractivity contribution is 7.89. The van der Waals surface area contributed by atoms with Crippen LogP contribution >= 0.6 is 0 Å². The summed E-state index contributed by atoms with van der Waals surface area (Å²) in [5.41, 5.74) is 1.14. The summed E-state index contributed by atoms with van der Waals surface area (Å²) in [5.74, 6) is 0.400. The van der Waals surface area contributed by atoms with Crippen molar-refractivity contribution in [2.24, 2.45) is 0 Å². The van der Waals surface area contributed by atoms with Gasteiger partial charge in [-0.15, -0.1) is 0 Å². The van der Waals surface area contributed by atoms with Gasteiger partial charge in [-0.05, 0) is 36.5 Å². The summed E-state index contributed by atoms with van der Waals surface area (Å²) >= 11 is 0. The van der Waals surface area contributed by atoms with Crippen molar-refractivity contribution in [3.05, 3.63) is 29.8 Å². The van der Waals surface area contributed by atoms with Crippen LogP contribution in [0.2, 0.25) is 0 Å². The largest absolute Gasteiger partial charge is 0.377 e. The molecule has 0 radical (unpaired) electrons. The highest BCUT2D eigenvalue weighted by Gasteiger charge is 2.20. The number of hydrogen-bond acceptors (Lipinski definition) is 3. The van der Waals surface area contributed by atoms with Gasteiger partial charge < -0.3 is 4.74 Å². The Kier molecular flexibility index (Phi) is 4.60. The molecule has 19 heavy (non-hydrogen) atoms. The van der Waals surface area contributed by atoms with Crippen LogP contribution in [0.3, 0.4) is 0 Å². The molecule has 1 saturated heterocycles. The Labute approximate surface area is 115 Å². The third-order valence-corrected chi connectivity index (χ3v) is 4.82. The summed E-state index contributed by atoms with van der Waals surface area (Å²) in [6.45, 7) is 5.25. The van der Waals surface area contributed by atoms with Gasteiger partial charge in [0.1, 0.15) is 0 Å². The molecule has 0 aromatic heterocycles. The molecule has 106 valence electrons. The number of rotatable bonds is 5. The molecule has 4 nitrogen and oxygen atoms in total. The summed E-state index contributed by atoms with van der Waals surface area (Å²) in [4.78, 5) is 0.315. The topological polar surface area (TPSA) is 55.4 Å². The van der Waals surface area contributed by atoms with E-state index in [1.165, 1.54) is 0 Å². The predicted octanol–water partition coefficient (Wildman–Crippen LogP) is 2.27. The van der Waals surface area contributed by atoms with E-state index < -0.39 is 10.0 Å². The SMILES string of the molecule is CC(C)c1ccc(S(=O)(=O)NCC2CCCO2)cc1. The molecular formula is C14H21NO3S. The van der Waals surface area contributed by atoms with E-state index in [-0.39, 0.29) is 6.10 Å². The minimum absolute atomic E-state index is 0.0183. The van der Waals surface area contributed by atoms with E-state index in [1.807, 2.05) is 12.1 Å². The van der Waals surface area contributed by atoms with Crippen molar-refractivity contribution in [3.8, 4) is 0 Å². The Hall–Kier alpha value is -0.910. The lowest BCUT2D eigenvalue weighted by molar-refractivity contribution is 0.114. The zero-order valence-electron chi connectivity index (χ0n) is 11.4. The quantitative estimate of drug-likeness (QED) is 0.902. The lowest BCUT2D eigenvalue weighted by Crippen LogP contribution is -2.31. The first kappa shape index (κ1) is 14.5. The first-order valence-corrected chi connectivity index (χ1v) is 8.18. The maximum Gasteiger partial charge on any atom is 0.240 e. The molecule has 0 bridgehead atoms. The number of benzene rings is 1. The number of sulfonamides is 1. The molecule has 0 spiro atoms. The van der Waals surface area contributed by atoms with E-state index >= 15 is 0 Å². The van der Waals surface area contributed by atoms with Crippen LogP contribution in [-0.2, 0) is 14.8 Å². The van der Waals surface area contributed by atoms with E-state index in [0.29, 0.717) is 17.4 Å². The molecule has 0 amide bonds. The molecule has 2 rings (SSSR count). The van der Waals surface area contributed by atoms with Gasteiger partial charge in [-0.3, -0.25) is 0 Å². The van der Waals surface area contributed by atoms with Gasteiger partial charge in [-0.2, -0.15) is 0 Å². The summed E-state index contributed by atoms with van der Waals surface area (Å²) in [5, 5.41) is 0. The highest BCUT2D eigenvalue weighted by Crippen LogP contribution is 2.18. The molecule has 1 aliphatic rings. The minimum Gasteiger partial charge on any atom is -0.377 e. The van der Waals surface area contributed by atoms with E-state index in [1.54, 1.807) is 12.1 Å². The van der Waals surface area contributed by atoms with Crippen LogP contribution in [0.15, 0.2) is 29.2 Å². The van der Waals surface area contributed by atoms with Crippen LogP contribution in [0.5, 0.6) is 0 Å². The molecule has 0 aliphatic carbocycles. The normalized spacial score (nSPS) is 20.1. The monoisotopic (exact) mass is 283 g/mol. The molecular weight excluding hydrogens is 262 g/mol. The maximum atomic E-state index is 12.1. The molecule has 1 aromatic rings. The van der Waals surface area contributed by atoms with Crippen molar-refractivity contribution in [3.63, 3.8) is 0 Å². The van der Waals surface area contributed by atoms with Gasteiger partial charge in [-0.1, -0.05) is 26.0 Å². The lowest BCUT2D eigenvalue weighted by atomic mass is 10.0. The van der Waals surface area contributed by atoms with Crippen molar-refractivity contribution in [1.82, 2.24) is 4.72 Å². The van der Waals surface area contributed by atoms with E-state index in [2.05, 4.69) is 18.6 Å². The van der Waals surface area contributed by atoms with Crippen molar-refractivity contribution in [1.29, 1.82) is 0 Å². The smallest absolute Gasteiger partial charge is 0.240 e. The molecule has 0 saturated carbocycles. The van der Waals surface area contributed by atoms with Crippen molar-refractivity contribution in [2.45, 2.75) is 43.6 Å². The van der Waals surface area contributed by atoms with Crippen LogP contribution in [0.25, 0.3) is 0 Å². The molecule has 1 N–H and O–H groups in total. The fourth-order valence-electron chi connectivity index (χ4n) is 2.12. The summed E-state index contributed by atoms with van der Waals surface area (Å²) in [6, 6.07) is 7.05. The van der Waals surface area contributed by atoms with E-state index in [4.69, 9.17) is 4.74 Å². The first-order chi connectivity index (χ1) is 8.99. The van der Waals surface area contributed by atoms with Crippen molar-refractivity contribution in [2.75, 3.05) is 13.2 Å². The molecule has 1 heterocycles. The maximum absolute atomic E-state index is 12.1. The van der Waals surface area contributed by atoms with Crippen LogP contribution < -0.4 is 4.72 Å². The van der Waals surface area contributed by atoms with Gasteiger partial charge in [-0.25, -0.2) is 13.1 Å². The third-order valence-electron chi connectivity index (χ3n) is 3.38. The second-order valence-electron chi connectivity index (χ2n) is 5.21. The molecule has 1 atom stereocenters. The van der Waals surface area contributed by atoms with Crippen LogP contribution in [-0.4, -0.2) is 27.7 Å². The summed E-state index contributed by atoms with van der Waals surface area (Å²) in [7, 11) is -3.42. The average molecular weight is 283 g/mol. The predicted molar refractivity (Wildman–Crippen MR) is 74.7 cm³/mol. The molecule has 1 fully saturated rings. The van der Waals surface area contributed by atoms with Gasteiger partial charge in [0, 0.05) is 13.2 Å². The molecule has 1 unspecified atom stereocenters. The zero-order chi connectivity index (χ0) is 13.9. The lowest BCUT2D eigenvalue weighted by Gasteiger charge is -2.12. The summed E-state index contributed by atoms with van der Waals surface area (Å²) < 4.78 is 32.2. The Balaban J connectivity index is 2.01. The van der Waals surface area contributed by atoms with E-state index in [0.717, 1.165) is 25.0 Å². The zero-order valence-corrected chi connectivity index (χ0v) is 12.2. The molecule has 5 heteroatoms. The first-order valence-electron chi connectivity index (χ1n) is 6.70. The van der Waals surface area contributed by atoms with Crippen molar-refractivity contribution >= 4 is 10.0 Å². The minimum atomic E-state index is -3.42.